The molecule has 1 unspecified atom stereocenters. The highest BCUT2D eigenvalue weighted by Gasteiger charge is 2.46. The number of fused-ring (bicyclic) bond motifs is 2. The van der Waals surface area contributed by atoms with Crippen LogP contribution >= 0.6 is 0 Å². The smallest absolute Gasteiger partial charge is 0.233 e. The van der Waals surface area contributed by atoms with E-state index in [4.69, 9.17) is 0 Å². The van der Waals surface area contributed by atoms with Crippen LogP contribution in [0.1, 0.15) is 24.1 Å². The van der Waals surface area contributed by atoms with Gasteiger partial charge in [-0.1, -0.05) is 0 Å². The molecule has 3 heterocycles. The molecular formula is C11H14N4O. The first-order valence-electron chi connectivity index (χ1n) is 5.61. The van der Waals surface area contributed by atoms with Crippen LogP contribution < -0.4 is 10.6 Å². The summed E-state index contributed by atoms with van der Waals surface area (Å²) in [5.74, 6) is 0.103. The second-order valence-electron chi connectivity index (χ2n) is 4.44. The van der Waals surface area contributed by atoms with E-state index in [1.54, 1.807) is 6.20 Å². The van der Waals surface area contributed by atoms with Crippen molar-refractivity contribution in [1.29, 1.82) is 0 Å². The Morgan fingerprint density at radius 3 is 3.19 bits per heavy atom. The minimum Gasteiger partial charge on any atom is -0.351 e. The summed E-state index contributed by atoms with van der Waals surface area (Å²) in [6.45, 7) is 2.22. The molecule has 0 radical (unpaired) electrons. The first kappa shape index (κ1) is 9.72. The molecule has 1 aromatic heterocycles. The number of aromatic nitrogens is 2. The standard InChI is InChI=1S/C11H14N4O/c16-10-11(2-1-3-12-6-11)9-8(5-14-10)4-13-7-15-9/h4,7,12H,1-3,5-6H2,(H,14,16). The normalized spacial score (nSPS) is 28.6. The van der Waals surface area contributed by atoms with E-state index >= 15 is 0 Å². The summed E-state index contributed by atoms with van der Waals surface area (Å²) in [6.07, 6.45) is 5.22. The molecule has 0 aromatic carbocycles. The van der Waals surface area contributed by atoms with E-state index in [1.165, 1.54) is 6.33 Å². The van der Waals surface area contributed by atoms with Crippen LogP contribution in [-0.4, -0.2) is 29.0 Å². The summed E-state index contributed by atoms with van der Waals surface area (Å²) in [5.41, 5.74) is 1.50. The lowest BCUT2D eigenvalue weighted by Crippen LogP contribution is -2.57. The molecule has 5 nitrogen and oxygen atoms in total. The van der Waals surface area contributed by atoms with Crippen molar-refractivity contribution in [2.75, 3.05) is 13.1 Å². The Kier molecular flexibility index (Phi) is 2.14. The SMILES string of the molecule is O=C1NCc2cncnc2C12CCCNC2. The Morgan fingerprint density at radius 2 is 2.38 bits per heavy atom. The number of nitrogens with zero attached hydrogens (tertiary/aromatic N) is 2. The maximum atomic E-state index is 12.1. The van der Waals surface area contributed by atoms with Crippen LogP contribution in [-0.2, 0) is 16.8 Å². The van der Waals surface area contributed by atoms with Crippen molar-refractivity contribution in [3.05, 3.63) is 23.8 Å². The number of nitrogens with one attached hydrogen (secondary N) is 2. The molecule has 2 aliphatic rings. The zero-order valence-corrected chi connectivity index (χ0v) is 8.99. The molecule has 16 heavy (non-hydrogen) atoms. The maximum absolute atomic E-state index is 12.1. The van der Waals surface area contributed by atoms with Crippen molar-refractivity contribution in [2.45, 2.75) is 24.8 Å². The van der Waals surface area contributed by atoms with E-state index < -0.39 is 5.41 Å². The molecule has 0 aliphatic carbocycles. The van der Waals surface area contributed by atoms with Gasteiger partial charge in [0.2, 0.25) is 5.91 Å². The van der Waals surface area contributed by atoms with Crippen molar-refractivity contribution >= 4 is 5.91 Å². The average molecular weight is 218 g/mol. The highest BCUT2D eigenvalue weighted by atomic mass is 16.2. The Hall–Kier alpha value is -1.49. The van der Waals surface area contributed by atoms with Gasteiger partial charge in [0.1, 0.15) is 11.7 Å². The fraction of sp³-hybridized carbons (Fsp3) is 0.545. The molecule has 1 spiro atoms. The average Bonchev–Trinajstić information content (AvgIpc) is 2.36. The predicted octanol–water partition coefficient (Wildman–Crippen LogP) is -0.272. The summed E-state index contributed by atoms with van der Waals surface area (Å²) in [6, 6.07) is 0. The Balaban J connectivity index is 2.12. The van der Waals surface area contributed by atoms with E-state index in [-0.39, 0.29) is 5.91 Å². The van der Waals surface area contributed by atoms with Gasteiger partial charge in [0.25, 0.3) is 0 Å². The molecule has 5 heteroatoms. The molecule has 1 aromatic rings. The van der Waals surface area contributed by atoms with Gasteiger partial charge in [-0.05, 0) is 19.4 Å². The van der Waals surface area contributed by atoms with Crippen LogP contribution in [0.25, 0.3) is 0 Å². The van der Waals surface area contributed by atoms with E-state index in [2.05, 4.69) is 20.6 Å². The minimum absolute atomic E-state index is 0.103. The summed E-state index contributed by atoms with van der Waals surface area (Å²) < 4.78 is 0. The number of amides is 1. The first-order chi connectivity index (χ1) is 7.83. The van der Waals surface area contributed by atoms with Crippen molar-refractivity contribution < 1.29 is 4.79 Å². The van der Waals surface area contributed by atoms with Crippen LogP contribution in [0, 0.1) is 0 Å². The molecule has 1 atom stereocenters. The molecule has 3 rings (SSSR count). The summed E-state index contributed by atoms with van der Waals surface area (Å²) >= 11 is 0. The van der Waals surface area contributed by atoms with Gasteiger partial charge in [-0.15, -0.1) is 0 Å². The van der Waals surface area contributed by atoms with Crippen LogP contribution in [0.4, 0.5) is 0 Å². The predicted molar refractivity (Wildman–Crippen MR) is 57.7 cm³/mol. The lowest BCUT2D eigenvalue weighted by atomic mass is 9.73. The Morgan fingerprint density at radius 1 is 1.44 bits per heavy atom. The lowest BCUT2D eigenvalue weighted by molar-refractivity contribution is -0.128. The molecule has 1 saturated heterocycles. The monoisotopic (exact) mass is 218 g/mol. The molecule has 2 N–H and O–H groups in total. The number of piperidine rings is 1. The number of rotatable bonds is 0. The van der Waals surface area contributed by atoms with Crippen molar-refractivity contribution in [2.24, 2.45) is 0 Å². The van der Waals surface area contributed by atoms with E-state index in [1.807, 2.05) is 0 Å². The van der Waals surface area contributed by atoms with Gasteiger partial charge in [0.15, 0.2) is 0 Å². The van der Waals surface area contributed by atoms with Crippen molar-refractivity contribution in [1.82, 2.24) is 20.6 Å². The zero-order valence-electron chi connectivity index (χ0n) is 8.99. The molecule has 1 fully saturated rings. The molecule has 2 aliphatic heterocycles. The lowest BCUT2D eigenvalue weighted by Gasteiger charge is -2.39. The highest BCUT2D eigenvalue weighted by molar-refractivity contribution is 5.90. The topological polar surface area (TPSA) is 66.9 Å². The number of hydrogen-bond acceptors (Lipinski definition) is 4. The van der Waals surface area contributed by atoms with Crippen molar-refractivity contribution in [3.63, 3.8) is 0 Å². The van der Waals surface area contributed by atoms with Gasteiger partial charge >= 0.3 is 0 Å². The quantitative estimate of drug-likeness (QED) is 0.629. The van der Waals surface area contributed by atoms with E-state index in [0.29, 0.717) is 13.1 Å². The van der Waals surface area contributed by atoms with Gasteiger partial charge in [-0.25, -0.2) is 9.97 Å². The van der Waals surface area contributed by atoms with Crippen LogP contribution in [0.15, 0.2) is 12.5 Å². The third-order valence-corrected chi connectivity index (χ3v) is 3.50. The molecule has 0 saturated carbocycles. The Labute approximate surface area is 93.7 Å². The van der Waals surface area contributed by atoms with Crippen LogP contribution in [0.2, 0.25) is 0 Å². The molecule has 1 amide bonds. The van der Waals surface area contributed by atoms with Gasteiger partial charge in [-0.2, -0.15) is 0 Å². The summed E-state index contributed by atoms with van der Waals surface area (Å²) in [4.78, 5) is 20.5. The Bertz CT molecular complexity index is 426. The van der Waals surface area contributed by atoms with Gasteiger partial charge in [-0.3, -0.25) is 4.79 Å². The second-order valence-corrected chi connectivity index (χ2v) is 4.44. The number of hydrogen-bond donors (Lipinski definition) is 2. The maximum Gasteiger partial charge on any atom is 0.233 e. The highest BCUT2D eigenvalue weighted by Crippen LogP contribution is 2.34. The third kappa shape index (κ3) is 1.24. The molecule has 84 valence electrons. The van der Waals surface area contributed by atoms with Gasteiger partial charge < -0.3 is 10.6 Å². The molecular weight excluding hydrogens is 204 g/mol. The van der Waals surface area contributed by atoms with Gasteiger partial charge in [0.05, 0.1) is 5.69 Å². The van der Waals surface area contributed by atoms with Crippen LogP contribution in [0.3, 0.4) is 0 Å². The minimum atomic E-state index is -0.464. The summed E-state index contributed by atoms with van der Waals surface area (Å²) in [7, 11) is 0. The molecule has 0 bridgehead atoms. The number of carbonyl (C=O) groups excluding carboxylic acids is 1. The van der Waals surface area contributed by atoms with E-state index in [0.717, 1.165) is 30.6 Å². The fourth-order valence-corrected chi connectivity index (χ4v) is 2.67. The second kappa shape index (κ2) is 3.52. The largest absolute Gasteiger partial charge is 0.351 e. The number of carbonyl (C=O) groups is 1. The van der Waals surface area contributed by atoms with Gasteiger partial charge in [0, 0.05) is 24.8 Å². The van der Waals surface area contributed by atoms with E-state index in [9.17, 15) is 4.79 Å². The van der Waals surface area contributed by atoms with Crippen LogP contribution in [0.5, 0.6) is 0 Å². The first-order valence-corrected chi connectivity index (χ1v) is 5.61. The van der Waals surface area contributed by atoms with Crippen molar-refractivity contribution in [3.8, 4) is 0 Å². The third-order valence-electron chi connectivity index (χ3n) is 3.50. The summed E-state index contributed by atoms with van der Waals surface area (Å²) in [5, 5.41) is 6.24. The zero-order chi connectivity index (χ0) is 11.0. The fourth-order valence-electron chi connectivity index (χ4n) is 2.67.